The number of methoxy groups -OCH3 is 1. The van der Waals surface area contributed by atoms with Crippen molar-refractivity contribution in [3.05, 3.63) is 60.2 Å². The number of hydrogen-bond acceptors (Lipinski definition) is 7. The summed E-state index contributed by atoms with van der Waals surface area (Å²) in [5.74, 6) is -0.393. The SMILES string of the molecule is COc1ccc(-c2cc(C(=O)OCC(=O)N(C)[C@@H]3CCS(=O)(=O)C3)c3ccccc3n2)cc1. The maximum atomic E-state index is 13.0. The molecule has 0 radical (unpaired) electrons. The number of nitrogens with zero attached hydrogens (tertiary/aromatic N) is 2. The number of para-hydroxylation sites is 1. The highest BCUT2D eigenvalue weighted by Gasteiger charge is 2.33. The normalized spacial score (nSPS) is 17.0. The first-order chi connectivity index (χ1) is 15.8. The molecular weight excluding hydrogens is 444 g/mol. The van der Waals surface area contributed by atoms with E-state index in [9.17, 15) is 18.0 Å². The van der Waals surface area contributed by atoms with Crippen LogP contribution >= 0.6 is 0 Å². The molecule has 33 heavy (non-hydrogen) atoms. The third-order valence-corrected chi connectivity index (χ3v) is 7.55. The molecule has 1 amide bonds. The van der Waals surface area contributed by atoms with E-state index < -0.39 is 34.4 Å². The number of esters is 1. The largest absolute Gasteiger partial charge is 0.497 e. The lowest BCUT2D eigenvalue weighted by Crippen LogP contribution is -2.40. The lowest BCUT2D eigenvalue weighted by Gasteiger charge is -2.23. The fourth-order valence-electron chi connectivity index (χ4n) is 3.85. The van der Waals surface area contributed by atoms with Crippen LogP contribution < -0.4 is 4.74 Å². The molecular formula is C24H24N2O6S. The number of carbonyl (C=O) groups is 2. The summed E-state index contributed by atoms with van der Waals surface area (Å²) in [5.41, 5.74) is 2.31. The van der Waals surface area contributed by atoms with E-state index in [1.54, 1.807) is 31.4 Å². The molecule has 0 aliphatic carbocycles. The first-order valence-corrected chi connectivity index (χ1v) is 12.3. The van der Waals surface area contributed by atoms with E-state index in [-0.39, 0.29) is 11.5 Å². The Morgan fingerprint density at radius 1 is 1.12 bits per heavy atom. The van der Waals surface area contributed by atoms with E-state index in [4.69, 9.17) is 9.47 Å². The highest BCUT2D eigenvalue weighted by Crippen LogP contribution is 2.27. The highest BCUT2D eigenvalue weighted by atomic mass is 32.2. The summed E-state index contributed by atoms with van der Waals surface area (Å²) in [7, 11) is -0.00657. The first kappa shape index (κ1) is 22.7. The zero-order valence-corrected chi connectivity index (χ0v) is 19.2. The number of ether oxygens (including phenoxy) is 2. The second-order valence-electron chi connectivity index (χ2n) is 7.94. The quantitative estimate of drug-likeness (QED) is 0.513. The Morgan fingerprint density at radius 2 is 1.85 bits per heavy atom. The molecule has 3 aromatic rings. The van der Waals surface area contributed by atoms with Gasteiger partial charge in [0.1, 0.15) is 5.75 Å². The third kappa shape index (κ3) is 4.98. The number of rotatable bonds is 6. The topological polar surface area (TPSA) is 103 Å². The average molecular weight is 469 g/mol. The number of hydrogen-bond donors (Lipinski definition) is 0. The van der Waals surface area contributed by atoms with Gasteiger partial charge in [-0.3, -0.25) is 4.79 Å². The Labute approximate surface area is 192 Å². The smallest absolute Gasteiger partial charge is 0.339 e. The molecule has 172 valence electrons. The van der Waals surface area contributed by atoms with Crippen LogP contribution in [0.5, 0.6) is 5.75 Å². The van der Waals surface area contributed by atoms with E-state index in [1.165, 1.54) is 11.9 Å². The molecule has 0 bridgehead atoms. The lowest BCUT2D eigenvalue weighted by molar-refractivity contribution is -0.134. The number of carbonyl (C=O) groups excluding carboxylic acids is 2. The minimum absolute atomic E-state index is 0.0617. The molecule has 1 fully saturated rings. The van der Waals surface area contributed by atoms with Crippen molar-refractivity contribution in [2.24, 2.45) is 0 Å². The number of likely N-dealkylation sites (N-methyl/N-ethyl adjacent to an activating group) is 1. The van der Waals surface area contributed by atoms with Gasteiger partial charge in [-0.25, -0.2) is 18.2 Å². The lowest BCUT2D eigenvalue weighted by atomic mass is 10.0. The van der Waals surface area contributed by atoms with Crippen molar-refractivity contribution in [2.75, 3.05) is 32.3 Å². The molecule has 1 atom stereocenters. The van der Waals surface area contributed by atoms with Crippen LogP contribution in [0.4, 0.5) is 0 Å². The third-order valence-electron chi connectivity index (χ3n) is 5.80. The van der Waals surface area contributed by atoms with Crippen LogP contribution in [-0.2, 0) is 19.4 Å². The summed E-state index contributed by atoms with van der Waals surface area (Å²) in [4.78, 5) is 31.5. The molecule has 4 rings (SSSR count). The summed E-state index contributed by atoms with van der Waals surface area (Å²) >= 11 is 0. The predicted octanol–water partition coefficient (Wildman–Crippen LogP) is 2.71. The number of fused-ring (bicyclic) bond motifs is 1. The summed E-state index contributed by atoms with van der Waals surface area (Å²) in [6, 6.07) is 15.8. The van der Waals surface area contributed by atoms with Gasteiger partial charge in [0.15, 0.2) is 16.4 Å². The van der Waals surface area contributed by atoms with Crippen LogP contribution in [0.3, 0.4) is 0 Å². The van der Waals surface area contributed by atoms with E-state index >= 15 is 0 Å². The first-order valence-electron chi connectivity index (χ1n) is 10.4. The highest BCUT2D eigenvalue weighted by molar-refractivity contribution is 7.91. The Kier molecular flexibility index (Phi) is 6.33. The van der Waals surface area contributed by atoms with Gasteiger partial charge in [0.25, 0.3) is 5.91 Å². The van der Waals surface area contributed by atoms with Crippen molar-refractivity contribution in [1.82, 2.24) is 9.88 Å². The van der Waals surface area contributed by atoms with Crippen LogP contribution in [0.2, 0.25) is 0 Å². The molecule has 9 heteroatoms. The molecule has 2 heterocycles. The van der Waals surface area contributed by atoms with Crippen molar-refractivity contribution in [3.8, 4) is 17.0 Å². The summed E-state index contributed by atoms with van der Waals surface area (Å²) in [5, 5.41) is 0.613. The second-order valence-corrected chi connectivity index (χ2v) is 10.2. The average Bonchev–Trinajstić information content (AvgIpc) is 3.20. The minimum atomic E-state index is -3.12. The molecule has 0 spiro atoms. The predicted molar refractivity (Wildman–Crippen MR) is 124 cm³/mol. The number of pyridine rings is 1. The van der Waals surface area contributed by atoms with Gasteiger partial charge in [-0.1, -0.05) is 18.2 Å². The second kappa shape index (κ2) is 9.19. The van der Waals surface area contributed by atoms with E-state index in [0.717, 1.165) is 5.56 Å². The van der Waals surface area contributed by atoms with Crippen molar-refractivity contribution in [1.29, 1.82) is 0 Å². The van der Waals surface area contributed by atoms with Crippen LogP contribution in [0.15, 0.2) is 54.6 Å². The van der Waals surface area contributed by atoms with Crippen LogP contribution in [0.1, 0.15) is 16.8 Å². The fraction of sp³-hybridized carbons (Fsp3) is 0.292. The molecule has 1 aromatic heterocycles. The molecule has 0 saturated carbocycles. The zero-order valence-electron chi connectivity index (χ0n) is 18.4. The van der Waals surface area contributed by atoms with Gasteiger partial charge in [0.2, 0.25) is 0 Å². The van der Waals surface area contributed by atoms with Gasteiger partial charge < -0.3 is 14.4 Å². The Hall–Kier alpha value is -3.46. The van der Waals surface area contributed by atoms with E-state index in [0.29, 0.717) is 34.3 Å². The van der Waals surface area contributed by atoms with Gasteiger partial charge in [-0.2, -0.15) is 0 Å². The minimum Gasteiger partial charge on any atom is -0.497 e. The zero-order chi connectivity index (χ0) is 23.6. The van der Waals surface area contributed by atoms with Crippen LogP contribution in [-0.4, -0.2) is 68.5 Å². The molecule has 1 aliphatic heterocycles. The fourth-order valence-corrected chi connectivity index (χ4v) is 5.62. The Balaban J connectivity index is 1.55. The van der Waals surface area contributed by atoms with Gasteiger partial charge in [0.05, 0.1) is 35.4 Å². The molecule has 1 saturated heterocycles. The number of sulfone groups is 1. The van der Waals surface area contributed by atoms with Gasteiger partial charge in [0, 0.05) is 24.0 Å². The summed E-state index contributed by atoms with van der Waals surface area (Å²) in [6.07, 6.45) is 0.388. The number of benzene rings is 2. The molecule has 0 unspecified atom stereocenters. The number of amides is 1. The van der Waals surface area contributed by atoms with Crippen LogP contribution in [0.25, 0.3) is 22.2 Å². The van der Waals surface area contributed by atoms with Gasteiger partial charge in [-0.05, 0) is 42.8 Å². The van der Waals surface area contributed by atoms with Crippen LogP contribution in [0, 0.1) is 0 Å². The standard InChI is InChI=1S/C24H24N2O6S/c1-26(17-11-12-33(29,30)15-17)23(27)14-32-24(28)20-13-22(16-7-9-18(31-2)10-8-16)25-21-6-4-3-5-19(20)21/h3-10,13,17H,11-12,14-15H2,1-2H3/t17-/m1/s1. The maximum Gasteiger partial charge on any atom is 0.339 e. The van der Waals surface area contributed by atoms with Crippen molar-refractivity contribution in [2.45, 2.75) is 12.5 Å². The molecule has 0 N–H and O–H groups in total. The Morgan fingerprint density at radius 3 is 2.52 bits per heavy atom. The summed E-state index contributed by atoms with van der Waals surface area (Å²) < 4.78 is 33.9. The number of aromatic nitrogens is 1. The summed E-state index contributed by atoms with van der Waals surface area (Å²) in [6.45, 7) is -0.472. The molecule has 2 aromatic carbocycles. The van der Waals surface area contributed by atoms with Crippen molar-refractivity contribution in [3.63, 3.8) is 0 Å². The molecule has 8 nitrogen and oxygen atoms in total. The molecule has 1 aliphatic rings. The van der Waals surface area contributed by atoms with Gasteiger partial charge >= 0.3 is 5.97 Å². The van der Waals surface area contributed by atoms with E-state index in [2.05, 4.69) is 4.98 Å². The van der Waals surface area contributed by atoms with Gasteiger partial charge in [-0.15, -0.1) is 0 Å². The monoisotopic (exact) mass is 468 g/mol. The van der Waals surface area contributed by atoms with Crippen molar-refractivity contribution >= 4 is 32.6 Å². The van der Waals surface area contributed by atoms with Crippen molar-refractivity contribution < 1.29 is 27.5 Å². The van der Waals surface area contributed by atoms with E-state index in [1.807, 2.05) is 30.3 Å². The Bertz CT molecular complexity index is 1300. The maximum absolute atomic E-state index is 13.0.